The molecule has 9 heteroatoms. The van der Waals surface area contributed by atoms with E-state index in [0.29, 0.717) is 39.0 Å². The Labute approximate surface area is 182 Å². The summed E-state index contributed by atoms with van der Waals surface area (Å²) >= 11 is 0. The smallest absolute Gasteiger partial charge is 0.410 e. The Morgan fingerprint density at radius 2 is 1.65 bits per heavy atom. The molecule has 1 aliphatic carbocycles. The molecule has 0 atom stereocenters. The minimum atomic E-state index is -0.931. The predicted molar refractivity (Wildman–Crippen MR) is 117 cm³/mol. The van der Waals surface area contributed by atoms with Crippen LogP contribution in [-0.4, -0.2) is 67.3 Å². The van der Waals surface area contributed by atoms with E-state index in [1.165, 1.54) is 7.11 Å². The van der Waals surface area contributed by atoms with Gasteiger partial charge >= 0.3 is 12.1 Å². The van der Waals surface area contributed by atoms with E-state index in [1.807, 2.05) is 45.0 Å². The van der Waals surface area contributed by atoms with Gasteiger partial charge in [-0.15, -0.1) is 0 Å². The maximum Gasteiger partial charge on any atom is 0.410 e. The molecule has 1 saturated carbocycles. The van der Waals surface area contributed by atoms with Crippen molar-refractivity contribution in [3.8, 4) is 0 Å². The lowest BCUT2D eigenvalue weighted by Gasteiger charge is -2.44. The quantitative estimate of drug-likeness (QED) is 0.684. The minimum absolute atomic E-state index is 0.283. The molecule has 2 aliphatic rings. The van der Waals surface area contributed by atoms with Crippen LogP contribution in [0, 0.1) is 5.92 Å². The Hall–Kier alpha value is -2.97. The average molecular weight is 433 g/mol. The van der Waals surface area contributed by atoms with Gasteiger partial charge in [0.1, 0.15) is 11.1 Å². The number of methoxy groups -OCH3 is 1. The molecule has 1 aromatic rings. The number of piperazine rings is 1. The van der Waals surface area contributed by atoms with E-state index < -0.39 is 17.0 Å². The molecule has 1 aliphatic heterocycles. The van der Waals surface area contributed by atoms with Gasteiger partial charge in [0.05, 0.1) is 13.0 Å². The van der Waals surface area contributed by atoms with Crippen LogP contribution in [0.3, 0.4) is 0 Å². The average Bonchev–Trinajstić information content (AvgIpc) is 2.69. The molecule has 3 N–H and O–H groups in total. The molecule has 31 heavy (non-hydrogen) atoms. The molecule has 170 valence electrons. The number of nitrogens with one attached hydrogen (secondary N) is 1. The molecule has 0 unspecified atom stereocenters. The third-order valence-corrected chi connectivity index (χ3v) is 5.74. The van der Waals surface area contributed by atoms with E-state index in [-0.39, 0.29) is 18.0 Å². The van der Waals surface area contributed by atoms with Crippen LogP contribution in [0.5, 0.6) is 0 Å². The second-order valence-electron chi connectivity index (χ2n) is 9.20. The number of nitrogens with two attached hydrogens (primary N) is 1. The number of amides is 2. The fraction of sp³-hybridized carbons (Fsp3) is 0.591. The topological polar surface area (TPSA) is 114 Å². The number of esters is 1. The highest BCUT2D eigenvalue weighted by atomic mass is 16.6. The predicted octanol–water partition coefficient (Wildman–Crippen LogP) is 1.96. The Morgan fingerprint density at radius 1 is 1.06 bits per heavy atom. The van der Waals surface area contributed by atoms with Crippen LogP contribution in [0.4, 0.5) is 16.2 Å². The summed E-state index contributed by atoms with van der Waals surface area (Å²) in [5.74, 6) is -1.11. The standard InChI is InChI=1S/C22H32N4O5/c1-21(2,3)31-20(29)26-11-9-25(10-12-26)17-7-5-16(6-8-17)24-22(19(23)28)13-15(14-22)18(27)30-4/h5-8,15,24H,9-14H2,1-4H3,(H2,23,28). The fourth-order valence-corrected chi connectivity index (χ4v) is 3.99. The van der Waals surface area contributed by atoms with Crippen molar-refractivity contribution in [2.45, 2.75) is 44.8 Å². The molecular formula is C22H32N4O5. The number of nitrogens with zero attached hydrogens (tertiary/aromatic N) is 2. The zero-order chi connectivity index (χ0) is 22.8. The molecule has 0 spiro atoms. The first-order chi connectivity index (χ1) is 14.5. The van der Waals surface area contributed by atoms with E-state index >= 15 is 0 Å². The Kier molecular flexibility index (Phi) is 6.33. The maximum atomic E-state index is 12.2. The first-order valence-corrected chi connectivity index (χ1v) is 10.5. The highest BCUT2D eigenvalue weighted by Gasteiger charge is 2.52. The Balaban J connectivity index is 1.56. The molecule has 3 rings (SSSR count). The van der Waals surface area contributed by atoms with Crippen LogP contribution < -0.4 is 16.0 Å². The van der Waals surface area contributed by atoms with Crippen LogP contribution in [-0.2, 0) is 19.1 Å². The number of anilines is 2. The van der Waals surface area contributed by atoms with Crippen molar-refractivity contribution in [3.63, 3.8) is 0 Å². The van der Waals surface area contributed by atoms with Gasteiger partial charge in [-0.25, -0.2) is 4.79 Å². The van der Waals surface area contributed by atoms with E-state index in [1.54, 1.807) is 4.90 Å². The van der Waals surface area contributed by atoms with Crippen molar-refractivity contribution >= 4 is 29.3 Å². The first kappa shape index (κ1) is 22.7. The molecule has 2 fully saturated rings. The molecule has 0 radical (unpaired) electrons. The second kappa shape index (κ2) is 8.64. The number of carbonyl (C=O) groups is 3. The fourth-order valence-electron chi connectivity index (χ4n) is 3.99. The van der Waals surface area contributed by atoms with Gasteiger partial charge in [-0.2, -0.15) is 0 Å². The van der Waals surface area contributed by atoms with Gasteiger partial charge in [0, 0.05) is 37.6 Å². The zero-order valence-electron chi connectivity index (χ0n) is 18.6. The molecule has 9 nitrogen and oxygen atoms in total. The largest absolute Gasteiger partial charge is 0.469 e. The monoisotopic (exact) mass is 432 g/mol. The van der Waals surface area contributed by atoms with E-state index in [0.717, 1.165) is 11.4 Å². The summed E-state index contributed by atoms with van der Waals surface area (Å²) in [7, 11) is 1.34. The number of benzene rings is 1. The highest BCUT2D eigenvalue weighted by molar-refractivity contribution is 5.92. The first-order valence-electron chi connectivity index (χ1n) is 10.5. The van der Waals surface area contributed by atoms with E-state index in [9.17, 15) is 14.4 Å². The van der Waals surface area contributed by atoms with Crippen molar-refractivity contribution in [2.24, 2.45) is 11.7 Å². The van der Waals surface area contributed by atoms with Crippen molar-refractivity contribution in [3.05, 3.63) is 24.3 Å². The number of hydrogen-bond acceptors (Lipinski definition) is 7. The zero-order valence-corrected chi connectivity index (χ0v) is 18.6. The molecule has 1 heterocycles. The third kappa shape index (κ3) is 5.21. The van der Waals surface area contributed by atoms with Crippen molar-refractivity contribution in [1.82, 2.24) is 4.90 Å². The van der Waals surface area contributed by atoms with E-state index in [2.05, 4.69) is 10.2 Å². The number of carbonyl (C=O) groups excluding carboxylic acids is 3. The molecule has 0 bridgehead atoms. The van der Waals surface area contributed by atoms with Crippen LogP contribution >= 0.6 is 0 Å². The molecule has 1 saturated heterocycles. The van der Waals surface area contributed by atoms with Gasteiger partial charge in [-0.05, 0) is 57.9 Å². The van der Waals surface area contributed by atoms with Gasteiger partial charge < -0.3 is 30.3 Å². The summed E-state index contributed by atoms with van der Waals surface area (Å²) in [4.78, 5) is 39.8. The molecule has 2 amide bonds. The van der Waals surface area contributed by atoms with Crippen LogP contribution in [0.15, 0.2) is 24.3 Å². The summed E-state index contributed by atoms with van der Waals surface area (Å²) in [5, 5.41) is 3.20. The van der Waals surface area contributed by atoms with Crippen molar-refractivity contribution < 1.29 is 23.9 Å². The minimum Gasteiger partial charge on any atom is -0.469 e. The van der Waals surface area contributed by atoms with Crippen LogP contribution in [0.1, 0.15) is 33.6 Å². The van der Waals surface area contributed by atoms with E-state index in [4.69, 9.17) is 15.2 Å². The van der Waals surface area contributed by atoms with Crippen molar-refractivity contribution in [1.29, 1.82) is 0 Å². The maximum absolute atomic E-state index is 12.2. The number of rotatable bonds is 5. The number of primary amides is 1. The summed E-state index contributed by atoms with van der Waals surface area (Å²) in [6.45, 7) is 8.17. The van der Waals surface area contributed by atoms with Gasteiger partial charge in [0.25, 0.3) is 0 Å². The lowest BCUT2D eigenvalue weighted by atomic mass is 9.67. The van der Waals surface area contributed by atoms with Crippen molar-refractivity contribution in [2.75, 3.05) is 43.5 Å². The molecule has 0 aromatic heterocycles. The number of hydrogen-bond donors (Lipinski definition) is 2. The summed E-state index contributed by atoms with van der Waals surface area (Å²) in [5.41, 5.74) is 5.96. The SMILES string of the molecule is COC(=O)C1CC(Nc2ccc(N3CCN(C(=O)OC(C)(C)C)CC3)cc2)(C(N)=O)C1. The Morgan fingerprint density at radius 3 is 2.13 bits per heavy atom. The summed E-state index contributed by atoms with van der Waals surface area (Å²) in [6, 6.07) is 7.73. The van der Waals surface area contributed by atoms with Gasteiger partial charge in [0.2, 0.25) is 5.91 Å². The second-order valence-corrected chi connectivity index (χ2v) is 9.20. The highest BCUT2D eigenvalue weighted by Crippen LogP contribution is 2.41. The normalized spacial score (nSPS) is 23.5. The van der Waals surface area contributed by atoms with Crippen LogP contribution in [0.2, 0.25) is 0 Å². The summed E-state index contributed by atoms with van der Waals surface area (Å²) < 4.78 is 10.2. The van der Waals surface area contributed by atoms with Crippen LogP contribution in [0.25, 0.3) is 0 Å². The lowest BCUT2D eigenvalue weighted by Crippen LogP contribution is -2.61. The molecule has 1 aromatic carbocycles. The summed E-state index contributed by atoms with van der Waals surface area (Å²) in [6.07, 6.45) is 0.362. The van der Waals surface area contributed by atoms with Gasteiger partial charge in [-0.1, -0.05) is 0 Å². The number of ether oxygens (including phenoxy) is 2. The van der Waals surface area contributed by atoms with Gasteiger partial charge in [0.15, 0.2) is 0 Å². The third-order valence-electron chi connectivity index (χ3n) is 5.74. The lowest BCUT2D eigenvalue weighted by molar-refractivity contribution is -0.152. The Bertz CT molecular complexity index is 819. The van der Waals surface area contributed by atoms with Gasteiger partial charge in [-0.3, -0.25) is 9.59 Å². The molecular weight excluding hydrogens is 400 g/mol.